The molecule has 1 aromatic heterocycles. The summed E-state index contributed by atoms with van der Waals surface area (Å²) in [5.74, 6) is 0.00247. The number of ether oxygens (including phenoxy) is 1. The second kappa shape index (κ2) is 9.71. The van der Waals surface area contributed by atoms with Crippen LogP contribution in [0.1, 0.15) is 17.3 Å². The van der Waals surface area contributed by atoms with Crippen molar-refractivity contribution in [3.05, 3.63) is 54.1 Å². The zero-order valence-corrected chi connectivity index (χ0v) is 17.8. The number of amides is 1. The summed E-state index contributed by atoms with van der Waals surface area (Å²) in [7, 11) is 0. The van der Waals surface area contributed by atoms with Gasteiger partial charge in [0.05, 0.1) is 36.0 Å². The van der Waals surface area contributed by atoms with Crippen LogP contribution in [0.3, 0.4) is 0 Å². The minimum absolute atomic E-state index is 0.00750. The van der Waals surface area contributed by atoms with Gasteiger partial charge in [-0.2, -0.15) is 4.68 Å². The van der Waals surface area contributed by atoms with E-state index in [1.807, 2.05) is 24.3 Å². The standard InChI is InChI=1S/C21H22N6O3S/c1-15(28)16-6-8-17(9-7-16)27-21(23-24-25-27)31-14-20(29)22-18-4-2-3-5-19(18)26-10-12-30-13-11-26/h2-9H,10-14H2,1H3,(H,22,29). The smallest absolute Gasteiger partial charge is 0.234 e. The van der Waals surface area contributed by atoms with Gasteiger partial charge in [0, 0.05) is 18.7 Å². The minimum Gasteiger partial charge on any atom is -0.378 e. The van der Waals surface area contributed by atoms with Crippen LogP contribution in [-0.2, 0) is 9.53 Å². The van der Waals surface area contributed by atoms with E-state index in [9.17, 15) is 9.59 Å². The van der Waals surface area contributed by atoms with Crippen molar-refractivity contribution in [3.63, 3.8) is 0 Å². The Morgan fingerprint density at radius 2 is 1.84 bits per heavy atom. The van der Waals surface area contributed by atoms with Gasteiger partial charge in [-0.25, -0.2) is 0 Å². The molecular formula is C21H22N6O3S. The molecule has 1 amide bonds. The Morgan fingerprint density at radius 3 is 2.58 bits per heavy atom. The van der Waals surface area contributed by atoms with Gasteiger partial charge in [-0.3, -0.25) is 9.59 Å². The molecule has 1 saturated heterocycles. The van der Waals surface area contributed by atoms with Crippen molar-refractivity contribution >= 4 is 34.8 Å². The summed E-state index contributed by atoms with van der Waals surface area (Å²) in [5.41, 5.74) is 3.09. The lowest BCUT2D eigenvalue weighted by Gasteiger charge is -2.30. The Labute approximate surface area is 183 Å². The molecule has 9 nitrogen and oxygen atoms in total. The molecular weight excluding hydrogens is 416 g/mol. The Kier molecular flexibility index (Phi) is 6.58. The number of hydrogen-bond acceptors (Lipinski definition) is 8. The van der Waals surface area contributed by atoms with E-state index in [1.165, 1.54) is 18.7 Å². The molecule has 160 valence electrons. The quantitative estimate of drug-likeness (QED) is 0.443. The van der Waals surface area contributed by atoms with Gasteiger partial charge in [-0.15, -0.1) is 5.10 Å². The van der Waals surface area contributed by atoms with Crippen molar-refractivity contribution in [1.29, 1.82) is 0 Å². The number of nitrogens with one attached hydrogen (secondary N) is 1. The maximum atomic E-state index is 12.6. The Bertz CT molecular complexity index is 1060. The summed E-state index contributed by atoms with van der Waals surface area (Å²) in [6.45, 7) is 4.45. The van der Waals surface area contributed by atoms with Crippen molar-refractivity contribution in [1.82, 2.24) is 20.2 Å². The third-order valence-electron chi connectivity index (χ3n) is 4.82. The van der Waals surface area contributed by atoms with Gasteiger partial charge < -0.3 is 15.0 Å². The van der Waals surface area contributed by atoms with Crippen LogP contribution in [0.2, 0.25) is 0 Å². The first kappa shape index (κ1) is 21.0. The fourth-order valence-corrected chi connectivity index (χ4v) is 3.93. The Morgan fingerprint density at radius 1 is 1.10 bits per heavy atom. The number of para-hydroxylation sites is 2. The van der Waals surface area contributed by atoms with E-state index in [2.05, 4.69) is 25.7 Å². The zero-order valence-electron chi connectivity index (χ0n) is 17.0. The normalized spacial score (nSPS) is 13.8. The molecule has 0 saturated carbocycles. The van der Waals surface area contributed by atoms with Crippen molar-refractivity contribution in [2.24, 2.45) is 0 Å². The van der Waals surface area contributed by atoms with Crippen LogP contribution in [0.5, 0.6) is 0 Å². The number of nitrogens with zero attached hydrogens (tertiary/aromatic N) is 5. The van der Waals surface area contributed by atoms with E-state index < -0.39 is 0 Å². The highest BCUT2D eigenvalue weighted by molar-refractivity contribution is 7.99. The molecule has 0 unspecified atom stereocenters. The topological polar surface area (TPSA) is 102 Å². The maximum Gasteiger partial charge on any atom is 0.234 e. The van der Waals surface area contributed by atoms with E-state index in [4.69, 9.17) is 4.74 Å². The molecule has 3 aromatic rings. The number of benzene rings is 2. The second-order valence-corrected chi connectivity index (χ2v) is 7.87. The molecule has 0 spiro atoms. The number of hydrogen-bond donors (Lipinski definition) is 1. The van der Waals surface area contributed by atoms with E-state index in [0.717, 1.165) is 30.2 Å². The minimum atomic E-state index is -0.146. The van der Waals surface area contributed by atoms with Crippen LogP contribution in [-0.4, -0.2) is 64.0 Å². The number of ketones is 1. The largest absolute Gasteiger partial charge is 0.378 e. The van der Waals surface area contributed by atoms with Crippen molar-refractivity contribution in [2.45, 2.75) is 12.1 Å². The number of carbonyl (C=O) groups is 2. The summed E-state index contributed by atoms with van der Waals surface area (Å²) in [6.07, 6.45) is 0. The van der Waals surface area contributed by atoms with Gasteiger partial charge in [0.2, 0.25) is 11.1 Å². The number of morpholine rings is 1. The number of tetrazole rings is 1. The molecule has 1 aliphatic rings. The lowest BCUT2D eigenvalue weighted by molar-refractivity contribution is -0.113. The van der Waals surface area contributed by atoms with E-state index in [-0.39, 0.29) is 17.4 Å². The van der Waals surface area contributed by atoms with Crippen LogP contribution in [0, 0.1) is 0 Å². The van der Waals surface area contributed by atoms with Gasteiger partial charge >= 0.3 is 0 Å². The van der Waals surface area contributed by atoms with Crippen LogP contribution < -0.4 is 10.2 Å². The predicted molar refractivity (Wildman–Crippen MR) is 118 cm³/mol. The van der Waals surface area contributed by atoms with E-state index >= 15 is 0 Å². The fourth-order valence-electron chi connectivity index (χ4n) is 3.24. The van der Waals surface area contributed by atoms with Crippen LogP contribution in [0.25, 0.3) is 5.69 Å². The average molecular weight is 439 g/mol. The predicted octanol–water partition coefficient (Wildman–Crippen LogP) is 2.43. The molecule has 1 fully saturated rings. The van der Waals surface area contributed by atoms with Crippen LogP contribution in [0.4, 0.5) is 11.4 Å². The van der Waals surface area contributed by atoms with Crippen LogP contribution >= 0.6 is 11.8 Å². The highest BCUT2D eigenvalue weighted by Crippen LogP contribution is 2.27. The summed E-state index contributed by atoms with van der Waals surface area (Å²) in [4.78, 5) is 26.3. The van der Waals surface area contributed by atoms with E-state index in [1.54, 1.807) is 28.9 Å². The first-order valence-electron chi connectivity index (χ1n) is 9.86. The maximum absolute atomic E-state index is 12.6. The van der Waals surface area contributed by atoms with Crippen molar-refractivity contribution in [3.8, 4) is 5.69 Å². The second-order valence-electron chi connectivity index (χ2n) is 6.93. The van der Waals surface area contributed by atoms with Gasteiger partial charge in [-0.05, 0) is 53.7 Å². The molecule has 0 aliphatic carbocycles. The molecule has 0 bridgehead atoms. The molecule has 1 N–H and O–H groups in total. The summed E-state index contributed by atoms with van der Waals surface area (Å²) >= 11 is 1.24. The number of Topliss-reactive ketones (excluding diaryl/α,β-unsaturated/α-hetero) is 1. The third kappa shape index (κ3) is 5.09. The van der Waals surface area contributed by atoms with Gasteiger partial charge in [0.15, 0.2) is 5.78 Å². The van der Waals surface area contributed by atoms with E-state index in [0.29, 0.717) is 23.9 Å². The summed E-state index contributed by atoms with van der Waals surface area (Å²) in [6, 6.07) is 14.8. The van der Waals surface area contributed by atoms with Gasteiger partial charge in [0.25, 0.3) is 0 Å². The van der Waals surface area contributed by atoms with Crippen molar-refractivity contribution in [2.75, 3.05) is 42.3 Å². The molecule has 2 aromatic carbocycles. The molecule has 31 heavy (non-hydrogen) atoms. The van der Waals surface area contributed by atoms with Gasteiger partial charge in [-0.1, -0.05) is 23.9 Å². The summed E-state index contributed by atoms with van der Waals surface area (Å²) < 4.78 is 6.96. The number of anilines is 2. The number of thioether (sulfide) groups is 1. The lowest BCUT2D eigenvalue weighted by Crippen LogP contribution is -2.36. The molecule has 0 radical (unpaired) electrons. The number of rotatable bonds is 7. The zero-order chi connectivity index (χ0) is 21.6. The molecule has 2 heterocycles. The molecule has 1 aliphatic heterocycles. The summed E-state index contributed by atoms with van der Waals surface area (Å²) in [5, 5.41) is 15.2. The highest BCUT2D eigenvalue weighted by Gasteiger charge is 2.17. The third-order valence-corrected chi connectivity index (χ3v) is 5.74. The first-order valence-corrected chi connectivity index (χ1v) is 10.8. The Balaban J connectivity index is 1.40. The Hall–Kier alpha value is -3.24. The fraction of sp³-hybridized carbons (Fsp3) is 0.286. The SMILES string of the molecule is CC(=O)c1ccc(-n2nnnc2SCC(=O)Nc2ccccc2N2CCOCC2)cc1. The van der Waals surface area contributed by atoms with Crippen molar-refractivity contribution < 1.29 is 14.3 Å². The molecule has 10 heteroatoms. The monoisotopic (exact) mass is 438 g/mol. The highest BCUT2D eigenvalue weighted by atomic mass is 32.2. The van der Waals surface area contributed by atoms with Gasteiger partial charge in [0.1, 0.15) is 0 Å². The molecule has 4 rings (SSSR count). The first-order chi connectivity index (χ1) is 15.1. The van der Waals surface area contributed by atoms with Crippen LogP contribution in [0.15, 0.2) is 53.7 Å². The number of carbonyl (C=O) groups excluding carboxylic acids is 2. The lowest BCUT2D eigenvalue weighted by atomic mass is 10.1. The number of aromatic nitrogens is 4. The molecule has 0 atom stereocenters. The average Bonchev–Trinajstić information content (AvgIpc) is 3.27.